The number of rotatable bonds is 0. The molecule has 0 radical (unpaired) electrons. The van der Waals surface area contributed by atoms with E-state index in [1.54, 1.807) is 0 Å². The van der Waals surface area contributed by atoms with Gasteiger partial charge in [-0.3, -0.25) is 0 Å². The summed E-state index contributed by atoms with van der Waals surface area (Å²) in [5, 5.41) is 3.29. The fraction of sp³-hybridized carbons (Fsp3) is 1.00. The highest BCUT2D eigenvalue weighted by atomic mass is 16.5. The summed E-state index contributed by atoms with van der Waals surface area (Å²) in [6.45, 7) is 5.99. The van der Waals surface area contributed by atoms with Crippen LogP contribution in [0.4, 0.5) is 0 Å². The van der Waals surface area contributed by atoms with Crippen LogP contribution in [-0.2, 0) is 4.74 Å². The van der Waals surface area contributed by atoms with Crippen LogP contribution in [0.1, 0.15) is 0 Å². The average molecular weight is 144 g/mol. The molecule has 0 aromatic heterocycles. The summed E-state index contributed by atoms with van der Waals surface area (Å²) in [6, 6.07) is 0. The van der Waals surface area contributed by atoms with Crippen molar-refractivity contribution in [3.8, 4) is 0 Å². The predicted molar refractivity (Wildman–Crippen MR) is 41.2 cm³/mol. The molecule has 0 aromatic carbocycles. The summed E-state index contributed by atoms with van der Waals surface area (Å²) in [5.74, 6) is 0. The third-order valence-corrected chi connectivity index (χ3v) is 1.71. The van der Waals surface area contributed by atoms with Crippen molar-refractivity contribution < 1.29 is 4.74 Å². The first-order valence-electron chi connectivity index (χ1n) is 3.86. The molecule has 0 bridgehead atoms. The minimum absolute atomic E-state index is 0.855. The summed E-state index contributed by atoms with van der Waals surface area (Å²) < 4.78 is 5.32. The van der Waals surface area contributed by atoms with E-state index < -0.39 is 0 Å². The van der Waals surface area contributed by atoms with Crippen LogP contribution in [0.5, 0.6) is 0 Å². The minimum atomic E-state index is 0.855. The molecule has 0 aliphatic carbocycles. The van der Waals surface area contributed by atoms with Gasteiger partial charge in [-0.05, 0) is 7.05 Å². The summed E-state index contributed by atoms with van der Waals surface area (Å²) in [5.41, 5.74) is 0. The molecule has 3 heteroatoms. The molecule has 1 aliphatic heterocycles. The van der Waals surface area contributed by atoms with Gasteiger partial charge in [0.05, 0.1) is 13.2 Å². The first kappa shape index (κ1) is 7.98. The van der Waals surface area contributed by atoms with Crippen LogP contribution in [0, 0.1) is 0 Å². The first-order chi connectivity index (χ1) is 4.89. The minimum Gasteiger partial charge on any atom is -0.379 e. The maximum Gasteiger partial charge on any atom is 0.0593 e. The summed E-state index contributed by atoms with van der Waals surface area (Å²) >= 11 is 0. The number of hydrogen-bond donors (Lipinski definition) is 1. The second-order valence-electron chi connectivity index (χ2n) is 2.67. The fourth-order valence-electron chi connectivity index (χ4n) is 0.974. The first-order valence-corrected chi connectivity index (χ1v) is 3.86. The number of hydrogen-bond acceptors (Lipinski definition) is 3. The summed E-state index contributed by atoms with van der Waals surface area (Å²) in [7, 11) is 2.12. The molecule has 0 aromatic rings. The van der Waals surface area contributed by atoms with Gasteiger partial charge in [-0.1, -0.05) is 0 Å². The molecule has 1 heterocycles. The van der Waals surface area contributed by atoms with Gasteiger partial charge in [0, 0.05) is 26.2 Å². The maximum atomic E-state index is 5.32. The third kappa shape index (κ3) is 3.15. The Morgan fingerprint density at radius 1 is 1.20 bits per heavy atom. The van der Waals surface area contributed by atoms with Crippen LogP contribution in [0.3, 0.4) is 0 Å². The molecule has 60 valence electrons. The lowest BCUT2D eigenvalue weighted by Gasteiger charge is -2.13. The van der Waals surface area contributed by atoms with Crippen molar-refractivity contribution in [2.24, 2.45) is 0 Å². The molecule has 0 spiro atoms. The Bertz CT molecular complexity index is 77.7. The van der Waals surface area contributed by atoms with E-state index in [1.165, 1.54) is 0 Å². The zero-order valence-corrected chi connectivity index (χ0v) is 6.60. The van der Waals surface area contributed by atoms with Crippen LogP contribution in [0.25, 0.3) is 0 Å². The second-order valence-corrected chi connectivity index (χ2v) is 2.67. The molecule has 1 N–H and O–H groups in total. The third-order valence-electron chi connectivity index (χ3n) is 1.71. The topological polar surface area (TPSA) is 24.5 Å². The lowest BCUT2D eigenvalue weighted by atomic mass is 10.5. The van der Waals surface area contributed by atoms with Crippen molar-refractivity contribution in [1.82, 2.24) is 10.2 Å². The largest absolute Gasteiger partial charge is 0.379 e. The van der Waals surface area contributed by atoms with Crippen LogP contribution < -0.4 is 5.32 Å². The maximum absolute atomic E-state index is 5.32. The van der Waals surface area contributed by atoms with Crippen LogP contribution >= 0.6 is 0 Å². The van der Waals surface area contributed by atoms with Gasteiger partial charge in [-0.15, -0.1) is 0 Å². The predicted octanol–water partition coefficient (Wildman–Crippen LogP) is -0.462. The van der Waals surface area contributed by atoms with Crippen molar-refractivity contribution in [1.29, 1.82) is 0 Å². The highest BCUT2D eigenvalue weighted by molar-refractivity contribution is 4.56. The molecular weight excluding hydrogens is 128 g/mol. The van der Waals surface area contributed by atoms with Gasteiger partial charge in [-0.25, -0.2) is 0 Å². The van der Waals surface area contributed by atoms with E-state index in [0.29, 0.717) is 0 Å². The molecule has 0 saturated carbocycles. The van der Waals surface area contributed by atoms with Gasteiger partial charge in [0.15, 0.2) is 0 Å². The van der Waals surface area contributed by atoms with Crippen molar-refractivity contribution in [2.45, 2.75) is 0 Å². The van der Waals surface area contributed by atoms with E-state index in [9.17, 15) is 0 Å². The molecule has 1 rings (SSSR count). The smallest absolute Gasteiger partial charge is 0.0593 e. The Hall–Kier alpha value is -0.120. The number of nitrogens with one attached hydrogen (secondary N) is 1. The second kappa shape index (κ2) is 4.66. The molecule has 0 amide bonds. The number of nitrogens with zero attached hydrogens (tertiary/aromatic N) is 1. The molecule has 0 unspecified atom stereocenters. The fourth-order valence-corrected chi connectivity index (χ4v) is 0.974. The monoisotopic (exact) mass is 144 g/mol. The highest BCUT2D eigenvalue weighted by Gasteiger charge is 1.99. The molecule has 3 nitrogen and oxygen atoms in total. The van der Waals surface area contributed by atoms with Crippen LogP contribution in [0.15, 0.2) is 0 Å². The zero-order chi connectivity index (χ0) is 7.23. The van der Waals surface area contributed by atoms with E-state index in [0.717, 1.165) is 39.4 Å². The van der Waals surface area contributed by atoms with E-state index in [-0.39, 0.29) is 0 Å². The van der Waals surface area contributed by atoms with Crippen LogP contribution in [0.2, 0.25) is 0 Å². The van der Waals surface area contributed by atoms with Crippen molar-refractivity contribution in [2.75, 3.05) is 46.4 Å². The molecule has 0 atom stereocenters. The molecule has 1 aliphatic rings. The Morgan fingerprint density at radius 3 is 3.00 bits per heavy atom. The van der Waals surface area contributed by atoms with Crippen molar-refractivity contribution in [3.63, 3.8) is 0 Å². The average Bonchev–Trinajstić information content (AvgIpc) is 2.02. The van der Waals surface area contributed by atoms with E-state index in [4.69, 9.17) is 4.74 Å². The van der Waals surface area contributed by atoms with E-state index in [1.807, 2.05) is 0 Å². The van der Waals surface area contributed by atoms with Crippen LogP contribution in [-0.4, -0.2) is 51.3 Å². The van der Waals surface area contributed by atoms with Crippen molar-refractivity contribution >= 4 is 0 Å². The van der Waals surface area contributed by atoms with Gasteiger partial charge in [0.25, 0.3) is 0 Å². The number of ether oxygens (including phenoxy) is 1. The lowest BCUT2D eigenvalue weighted by Crippen LogP contribution is -2.29. The van der Waals surface area contributed by atoms with Gasteiger partial charge in [0.1, 0.15) is 0 Å². The standard InChI is InChI=1S/C7H16N2O/c1-9-4-2-8-3-6-10-7-5-9/h8H,2-7H2,1H3. The quantitative estimate of drug-likeness (QED) is 0.498. The SMILES string of the molecule is CN1CCNCCOCC1. The highest BCUT2D eigenvalue weighted by Crippen LogP contribution is 1.84. The summed E-state index contributed by atoms with van der Waals surface area (Å²) in [4.78, 5) is 2.28. The van der Waals surface area contributed by atoms with Gasteiger partial charge >= 0.3 is 0 Å². The summed E-state index contributed by atoms with van der Waals surface area (Å²) in [6.07, 6.45) is 0. The molecule has 1 fully saturated rings. The van der Waals surface area contributed by atoms with E-state index >= 15 is 0 Å². The van der Waals surface area contributed by atoms with Gasteiger partial charge in [0.2, 0.25) is 0 Å². The zero-order valence-electron chi connectivity index (χ0n) is 6.60. The lowest BCUT2D eigenvalue weighted by molar-refractivity contribution is 0.123. The Kier molecular flexibility index (Phi) is 3.72. The Balaban J connectivity index is 2.15. The number of likely N-dealkylation sites (N-methyl/N-ethyl adjacent to an activating group) is 1. The Morgan fingerprint density at radius 2 is 2.10 bits per heavy atom. The van der Waals surface area contributed by atoms with Gasteiger partial charge < -0.3 is 15.0 Å². The molecular formula is C7H16N2O. The molecule has 1 saturated heterocycles. The Labute approximate surface area is 62.3 Å². The molecule has 10 heavy (non-hydrogen) atoms. The van der Waals surface area contributed by atoms with Crippen molar-refractivity contribution in [3.05, 3.63) is 0 Å². The van der Waals surface area contributed by atoms with Gasteiger partial charge in [-0.2, -0.15) is 0 Å². The normalized spacial score (nSPS) is 24.9. The van der Waals surface area contributed by atoms with E-state index in [2.05, 4.69) is 17.3 Å².